The van der Waals surface area contributed by atoms with E-state index in [2.05, 4.69) is 17.2 Å². The average Bonchev–Trinajstić information content (AvgIpc) is 2.25. The van der Waals surface area contributed by atoms with Crippen molar-refractivity contribution in [2.45, 2.75) is 39.2 Å². The van der Waals surface area contributed by atoms with Crippen molar-refractivity contribution in [3.63, 3.8) is 0 Å². The van der Waals surface area contributed by atoms with Crippen LogP contribution in [0.25, 0.3) is 0 Å². The molecule has 0 spiro atoms. The Balaban J connectivity index is 2.74. The van der Waals surface area contributed by atoms with E-state index in [4.69, 9.17) is 0 Å². The Hall–Kier alpha value is -0.960. The molecule has 0 amide bonds. The van der Waals surface area contributed by atoms with Crippen LogP contribution in [0.1, 0.15) is 44.8 Å². The Morgan fingerprint density at radius 3 is 2.87 bits per heavy atom. The number of nitrogens with one attached hydrogen (secondary N) is 1. The van der Waals surface area contributed by atoms with Crippen molar-refractivity contribution in [1.82, 2.24) is 10.3 Å². The predicted octanol–water partition coefficient (Wildman–Crippen LogP) is 3.06. The highest BCUT2D eigenvalue weighted by atomic mass is 19.1. The highest BCUT2D eigenvalue weighted by Crippen LogP contribution is 2.19. The molecule has 2 nitrogen and oxygen atoms in total. The van der Waals surface area contributed by atoms with Crippen LogP contribution in [0.5, 0.6) is 0 Å². The highest BCUT2D eigenvalue weighted by molar-refractivity contribution is 5.11. The summed E-state index contributed by atoms with van der Waals surface area (Å²) < 4.78 is 13.5. The van der Waals surface area contributed by atoms with Gasteiger partial charge in [-0.05, 0) is 25.1 Å². The highest BCUT2D eigenvalue weighted by Gasteiger charge is 2.14. The third-order valence-corrected chi connectivity index (χ3v) is 2.41. The second-order valence-electron chi connectivity index (χ2n) is 3.62. The second kappa shape index (κ2) is 6.51. The van der Waals surface area contributed by atoms with Gasteiger partial charge in [0.1, 0.15) is 5.82 Å². The number of hydrogen-bond donors (Lipinski definition) is 1. The zero-order valence-electron chi connectivity index (χ0n) is 9.46. The van der Waals surface area contributed by atoms with E-state index in [1.165, 1.54) is 6.07 Å². The van der Waals surface area contributed by atoms with Crippen LogP contribution in [0.3, 0.4) is 0 Å². The van der Waals surface area contributed by atoms with Crippen LogP contribution in [-0.2, 0) is 0 Å². The number of unbranched alkanes of at least 4 members (excludes halogenated alkanes) is 1. The van der Waals surface area contributed by atoms with E-state index >= 15 is 0 Å². The van der Waals surface area contributed by atoms with E-state index in [1.807, 2.05) is 6.92 Å². The summed E-state index contributed by atoms with van der Waals surface area (Å²) in [5.41, 5.74) is 0.549. The molecule has 0 aliphatic rings. The smallest absolute Gasteiger partial charge is 0.146 e. The maximum Gasteiger partial charge on any atom is 0.146 e. The molecule has 1 aromatic rings. The third-order valence-electron chi connectivity index (χ3n) is 2.41. The molecule has 1 unspecified atom stereocenters. The van der Waals surface area contributed by atoms with Gasteiger partial charge in [0, 0.05) is 6.20 Å². The van der Waals surface area contributed by atoms with Crippen LogP contribution in [0.4, 0.5) is 4.39 Å². The van der Waals surface area contributed by atoms with Crippen molar-refractivity contribution < 1.29 is 4.39 Å². The quantitative estimate of drug-likeness (QED) is 0.780. The topological polar surface area (TPSA) is 24.9 Å². The number of hydrogen-bond acceptors (Lipinski definition) is 2. The Morgan fingerprint density at radius 2 is 2.27 bits per heavy atom. The first-order valence-electron chi connectivity index (χ1n) is 5.63. The summed E-state index contributed by atoms with van der Waals surface area (Å²) in [6, 6.07) is 3.15. The first-order chi connectivity index (χ1) is 7.29. The predicted molar refractivity (Wildman–Crippen MR) is 60.1 cm³/mol. The van der Waals surface area contributed by atoms with Gasteiger partial charge >= 0.3 is 0 Å². The molecule has 0 aliphatic carbocycles. The van der Waals surface area contributed by atoms with Gasteiger partial charge in [0.2, 0.25) is 0 Å². The van der Waals surface area contributed by atoms with E-state index in [9.17, 15) is 4.39 Å². The van der Waals surface area contributed by atoms with Gasteiger partial charge in [0.05, 0.1) is 11.7 Å². The van der Waals surface area contributed by atoms with Crippen molar-refractivity contribution >= 4 is 0 Å². The first-order valence-corrected chi connectivity index (χ1v) is 5.63. The monoisotopic (exact) mass is 210 g/mol. The molecule has 0 saturated heterocycles. The number of aromatic nitrogens is 1. The lowest BCUT2D eigenvalue weighted by Crippen LogP contribution is -2.22. The number of rotatable bonds is 6. The summed E-state index contributed by atoms with van der Waals surface area (Å²) in [4.78, 5) is 4.11. The van der Waals surface area contributed by atoms with E-state index in [0.29, 0.717) is 5.69 Å². The van der Waals surface area contributed by atoms with Crippen LogP contribution in [-0.4, -0.2) is 11.5 Å². The Bertz CT molecular complexity index is 289. The molecular formula is C12H19FN2. The van der Waals surface area contributed by atoms with Crippen LogP contribution >= 0.6 is 0 Å². The van der Waals surface area contributed by atoms with Crippen LogP contribution in [0.2, 0.25) is 0 Å². The fraction of sp³-hybridized carbons (Fsp3) is 0.583. The number of halogens is 1. The van der Waals surface area contributed by atoms with Gasteiger partial charge in [-0.1, -0.05) is 26.7 Å². The molecule has 0 saturated carbocycles. The van der Waals surface area contributed by atoms with E-state index < -0.39 is 0 Å². The summed E-state index contributed by atoms with van der Waals surface area (Å²) in [5, 5.41) is 3.27. The molecule has 0 aliphatic heterocycles. The molecule has 1 rings (SSSR count). The fourth-order valence-electron chi connectivity index (χ4n) is 1.64. The van der Waals surface area contributed by atoms with Gasteiger partial charge in [-0.3, -0.25) is 4.98 Å². The normalized spacial score (nSPS) is 12.7. The molecule has 0 bridgehead atoms. The molecule has 84 valence electrons. The molecule has 0 radical (unpaired) electrons. The fourth-order valence-corrected chi connectivity index (χ4v) is 1.64. The Labute approximate surface area is 90.9 Å². The Kier molecular flexibility index (Phi) is 5.26. The maximum atomic E-state index is 13.5. The minimum absolute atomic E-state index is 0.0520. The summed E-state index contributed by atoms with van der Waals surface area (Å²) in [6.45, 7) is 5.00. The Morgan fingerprint density at radius 1 is 1.47 bits per heavy atom. The van der Waals surface area contributed by atoms with Gasteiger partial charge in [0.15, 0.2) is 0 Å². The summed E-state index contributed by atoms with van der Waals surface area (Å²) in [6.07, 6.45) is 4.80. The van der Waals surface area contributed by atoms with E-state index in [-0.39, 0.29) is 11.9 Å². The molecule has 0 fully saturated rings. The zero-order valence-corrected chi connectivity index (χ0v) is 9.46. The van der Waals surface area contributed by atoms with Crippen molar-refractivity contribution in [3.05, 3.63) is 29.8 Å². The van der Waals surface area contributed by atoms with E-state index in [0.717, 1.165) is 25.8 Å². The molecular weight excluding hydrogens is 191 g/mol. The van der Waals surface area contributed by atoms with Crippen LogP contribution in [0, 0.1) is 5.82 Å². The van der Waals surface area contributed by atoms with Crippen molar-refractivity contribution in [1.29, 1.82) is 0 Å². The third kappa shape index (κ3) is 3.59. The number of nitrogens with zero attached hydrogens (tertiary/aromatic N) is 1. The molecule has 15 heavy (non-hydrogen) atoms. The van der Waals surface area contributed by atoms with Crippen molar-refractivity contribution in [2.24, 2.45) is 0 Å². The molecule has 3 heteroatoms. The van der Waals surface area contributed by atoms with Gasteiger partial charge in [-0.15, -0.1) is 0 Å². The minimum atomic E-state index is -0.209. The molecule has 1 aromatic heterocycles. The van der Waals surface area contributed by atoms with Gasteiger partial charge in [-0.25, -0.2) is 4.39 Å². The van der Waals surface area contributed by atoms with Gasteiger partial charge in [0.25, 0.3) is 0 Å². The molecule has 1 atom stereocenters. The lowest BCUT2D eigenvalue weighted by atomic mass is 10.1. The second-order valence-corrected chi connectivity index (χ2v) is 3.62. The average molecular weight is 210 g/mol. The van der Waals surface area contributed by atoms with Gasteiger partial charge in [-0.2, -0.15) is 0 Å². The SMILES string of the molecule is CCCCC(NCC)c1ncccc1F. The summed E-state index contributed by atoms with van der Waals surface area (Å²) in [5.74, 6) is -0.209. The first kappa shape index (κ1) is 12.1. The zero-order chi connectivity index (χ0) is 11.1. The summed E-state index contributed by atoms with van der Waals surface area (Å²) in [7, 11) is 0. The molecule has 0 aromatic carbocycles. The van der Waals surface area contributed by atoms with Crippen LogP contribution < -0.4 is 5.32 Å². The minimum Gasteiger partial charge on any atom is -0.309 e. The number of pyridine rings is 1. The molecule has 1 N–H and O–H groups in total. The lowest BCUT2D eigenvalue weighted by molar-refractivity contribution is 0.457. The van der Waals surface area contributed by atoms with E-state index in [1.54, 1.807) is 12.3 Å². The largest absolute Gasteiger partial charge is 0.309 e. The van der Waals surface area contributed by atoms with Crippen molar-refractivity contribution in [2.75, 3.05) is 6.54 Å². The standard InChI is InChI=1S/C12H19FN2/c1-3-5-8-11(14-4-2)12-10(13)7-6-9-15-12/h6-7,9,11,14H,3-5,8H2,1-2H3. The van der Waals surface area contributed by atoms with Crippen LogP contribution in [0.15, 0.2) is 18.3 Å². The summed E-state index contributed by atoms with van der Waals surface area (Å²) >= 11 is 0. The van der Waals surface area contributed by atoms with Gasteiger partial charge < -0.3 is 5.32 Å². The maximum absolute atomic E-state index is 13.5. The lowest BCUT2D eigenvalue weighted by Gasteiger charge is -2.17. The van der Waals surface area contributed by atoms with Crippen molar-refractivity contribution in [3.8, 4) is 0 Å². The molecule has 1 heterocycles.